The quantitative estimate of drug-likeness (QED) is 0.816. The van der Waals surface area contributed by atoms with Crippen molar-refractivity contribution in [3.05, 3.63) is 62.7 Å². The molecule has 0 saturated heterocycles. The van der Waals surface area contributed by atoms with Gasteiger partial charge in [-0.3, -0.25) is 4.79 Å². The average Bonchev–Trinajstić information content (AvgIpc) is 2.34. The number of carbonyl (C=O) groups is 1. The van der Waals surface area contributed by atoms with Gasteiger partial charge in [0.15, 0.2) is 0 Å². The molecule has 0 aliphatic carbocycles. The first-order valence-corrected chi connectivity index (χ1v) is 7.24. The minimum Gasteiger partial charge on any atom is -0.326 e. The van der Waals surface area contributed by atoms with Crippen LogP contribution in [0.4, 0.5) is 5.69 Å². The van der Waals surface area contributed by atoms with Gasteiger partial charge in [0.1, 0.15) is 0 Å². The minimum absolute atomic E-state index is 0.0238. The van der Waals surface area contributed by atoms with E-state index in [-0.39, 0.29) is 5.91 Å². The molecule has 0 heterocycles. The third kappa shape index (κ3) is 4.06. The number of aryl methyl sites for hydroxylation is 2. The molecule has 0 radical (unpaired) electrons. The number of nitrogens with one attached hydrogen (secondary N) is 1. The van der Waals surface area contributed by atoms with Gasteiger partial charge in [-0.1, -0.05) is 35.9 Å². The number of hydrogen-bond donors (Lipinski definition) is 1. The molecule has 19 heavy (non-hydrogen) atoms. The van der Waals surface area contributed by atoms with E-state index in [1.807, 2.05) is 56.3 Å². The Labute approximate surface area is 127 Å². The minimum atomic E-state index is 0.0238. The maximum Gasteiger partial charge on any atom is 0.228 e. The standard InChI is InChI=1S/C16H16INO/c1-11-4-3-5-13(8-11)9-16(19)18-15-10-14(17)7-6-12(15)2/h3-8,10H,9H2,1-2H3,(H,18,19). The fraction of sp³-hybridized carbons (Fsp3) is 0.188. The van der Waals surface area contributed by atoms with E-state index in [1.165, 1.54) is 5.56 Å². The van der Waals surface area contributed by atoms with E-state index in [0.717, 1.165) is 20.4 Å². The maximum absolute atomic E-state index is 12.0. The first-order chi connectivity index (χ1) is 9.04. The van der Waals surface area contributed by atoms with Gasteiger partial charge in [0.05, 0.1) is 6.42 Å². The van der Waals surface area contributed by atoms with Gasteiger partial charge in [-0.25, -0.2) is 0 Å². The molecule has 0 aromatic heterocycles. The Morgan fingerprint density at radius 2 is 1.95 bits per heavy atom. The second kappa shape index (κ2) is 6.19. The molecular formula is C16H16INO. The van der Waals surface area contributed by atoms with E-state index in [9.17, 15) is 4.79 Å². The van der Waals surface area contributed by atoms with Crippen LogP contribution in [0.25, 0.3) is 0 Å². The Bertz CT molecular complexity index is 607. The second-order valence-corrected chi connectivity index (χ2v) is 5.92. The van der Waals surface area contributed by atoms with Crippen LogP contribution in [0.15, 0.2) is 42.5 Å². The molecule has 0 aliphatic rings. The first-order valence-electron chi connectivity index (χ1n) is 6.16. The number of benzene rings is 2. The fourth-order valence-corrected chi connectivity index (χ4v) is 2.42. The third-order valence-electron chi connectivity index (χ3n) is 2.92. The lowest BCUT2D eigenvalue weighted by molar-refractivity contribution is -0.115. The van der Waals surface area contributed by atoms with Gasteiger partial charge in [-0.05, 0) is 59.7 Å². The molecule has 1 N–H and O–H groups in total. The van der Waals surface area contributed by atoms with E-state index in [4.69, 9.17) is 0 Å². The predicted octanol–water partition coefficient (Wildman–Crippen LogP) is 4.09. The number of anilines is 1. The number of halogens is 1. The van der Waals surface area contributed by atoms with Crippen molar-refractivity contribution in [1.29, 1.82) is 0 Å². The summed E-state index contributed by atoms with van der Waals surface area (Å²) in [6.07, 6.45) is 0.409. The van der Waals surface area contributed by atoms with Gasteiger partial charge in [0.2, 0.25) is 5.91 Å². The molecule has 2 nitrogen and oxygen atoms in total. The van der Waals surface area contributed by atoms with Gasteiger partial charge >= 0.3 is 0 Å². The topological polar surface area (TPSA) is 29.1 Å². The molecule has 0 saturated carbocycles. The van der Waals surface area contributed by atoms with Crippen molar-refractivity contribution in [1.82, 2.24) is 0 Å². The lowest BCUT2D eigenvalue weighted by Gasteiger charge is -2.09. The summed E-state index contributed by atoms with van der Waals surface area (Å²) in [6, 6.07) is 14.1. The van der Waals surface area contributed by atoms with Crippen LogP contribution in [0.1, 0.15) is 16.7 Å². The van der Waals surface area contributed by atoms with Crippen molar-refractivity contribution in [2.45, 2.75) is 20.3 Å². The summed E-state index contributed by atoms with van der Waals surface area (Å²) in [7, 11) is 0. The summed E-state index contributed by atoms with van der Waals surface area (Å²) in [4.78, 5) is 12.0. The Morgan fingerprint density at radius 3 is 2.68 bits per heavy atom. The Balaban J connectivity index is 2.07. The SMILES string of the molecule is Cc1cccc(CC(=O)Nc2cc(I)ccc2C)c1. The number of carbonyl (C=O) groups excluding carboxylic acids is 1. The van der Waals surface area contributed by atoms with Gasteiger partial charge in [-0.15, -0.1) is 0 Å². The number of amides is 1. The van der Waals surface area contributed by atoms with Crippen molar-refractivity contribution in [3.63, 3.8) is 0 Å². The van der Waals surface area contributed by atoms with Crippen LogP contribution in [0.5, 0.6) is 0 Å². The van der Waals surface area contributed by atoms with E-state index < -0.39 is 0 Å². The lowest BCUT2D eigenvalue weighted by atomic mass is 10.1. The van der Waals surface area contributed by atoms with Gasteiger partial charge in [0, 0.05) is 9.26 Å². The van der Waals surface area contributed by atoms with Crippen molar-refractivity contribution in [2.24, 2.45) is 0 Å². The molecule has 0 aliphatic heterocycles. The van der Waals surface area contributed by atoms with Crippen LogP contribution in [-0.2, 0) is 11.2 Å². The predicted molar refractivity (Wildman–Crippen MR) is 87.4 cm³/mol. The van der Waals surface area contributed by atoms with Crippen LogP contribution in [0.3, 0.4) is 0 Å². The Hall–Kier alpha value is -1.36. The van der Waals surface area contributed by atoms with Gasteiger partial charge in [-0.2, -0.15) is 0 Å². The molecule has 0 fully saturated rings. The van der Waals surface area contributed by atoms with E-state index >= 15 is 0 Å². The van der Waals surface area contributed by atoms with Crippen molar-refractivity contribution in [2.75, 3.05) is 5.32 Å². The highest BCUT2D eigenvalue weighted by atomic mass is 127. The molecule has 3 heteroatoms. The van der Waals surface area contributed by atoms with Crippen LogP contribution in [-0.4, -0.2) is 5.91 Å². The molecule has 0 spiro atoms. The van der Waals surface area contributed by atoms with E-state index in [1.54, 1.807) is 0 Å². The third-order valence-corrected chi connectivity index (χ3v) is 3.59. The molecule has 0 unspecified atom stereocenters. The molecule has 1 amide bonds. The first kappa shape index (κ1) is 14.1. The van der Waals surface area contributed by atoms with Crippen LogP contribution in [0.2, 0.25) is 0 Å². The van der Waals surface area contributed by atoms with E-state index in [0.29, 0.717) is 6.42 Å². The lowest BCUT2D eigenvalue weighted by Crippen LogP contribution is -2.15. The maximum atomic E-state index is 12.0. The Morgan fingerprint density at radius 1 is 1.16 bits per heavy atom. The largest absolute Gasteiger partial charge is 0.326 e. The average molecular weight is 365 g/mol. The molecule has 2 rings (SSSR count). The summed E-state index contributed by atoms with van der Waals surface area (Å²) in [5.74, 6) is 0.0238. The number of rotatable bonds is 3. The zero-order chi connectivity index (χ0) is 13.8. The van der Waals surface area contributed by atoms with Crippen LogP contribution < -0.4 is 5.32 Å². The van der Waals surface area contributed by atoms with Crippen molar-refractivity contribution >= 4 is 34.2 Å². The molecule has 2 aromatic rings. The Kier molecular flexibility index (Phi) is 4.58. The zero-order valence-electron chi connectivity index (χ0n) is 11.0. The summed E-state index contributed by atoms with van der Waals surface area (Å²) < 4.78 is 1.12. The monoisotopic (exact) mass is 365 g/mol. The summed E-state index contributed by atoms with van der Waals surface area (Å²) in [5, 5.41) is 2.98. The molecular weight excluding hydrogens is 349 g/mol. The molecule has 0 atom stereocenters. The highest BCUT2D eigenvalue weighted by molar-refractivity contribution is 14.1. The summed E-state index contributed by atoms with van der Waals surface area (Å²) >= 11 is 2.25. The highest BCUT2D eigenvalue weighted by Crippen LogP contribution is 2.18. The van der Waals surface area contributed by atoms with Crippen LogP contribution in [0, 0.1) is 17.4 Å². The highest BCUT2D eigenvalue weighted by Gasteiger charge is 2.06. The zero-order valence-corrected chi connectivity index (χ0v) is 13.2. The number of hydrogen-bond acceptors (Lipinski definition) is 1. The molecule has 2 aromatic carbocycles. The van der Waals surface area contributed by atoms with E-state index in [2.05, 4.69) is 27.9 Å². The van der Waals surface area contributed by atoms with Gasteiger partial charge in [0.25, 0.3) is 0 Å². The molecule has 0 bridgehead atoms. The van der Waals surface area contributed by atoms with Crippen molar-refractivity contribution in [3.8, 4) is 0 Å². The summed E-state index contributed by atoms with van der Waals surface area (Å²) in [5.41, 5.74) is 4.19. The fourth-order valence-electron chi connectivity index (χ4n) is 1.93. The van der Waals surface area contributed by atoms with Gasteiger partial charge < -0.3 is 5.32 Å². The smallest absolute Gasteiger partial charge is 0.228 e. The summed E-state index contributed by atoms with van der Waals surface area (Å²) in [6.45, 7) is 4.03. The van der Waals surface area contributed by atoms with Crippen molar-refractivity contribution < 1.29 is 4.79 Å². The molecule has 98 valence electrons. The second-order valence-electron chi connectivity index (χ2n) is 4.67. The normalized spacial score (nSPS) is 10.3. The van der Waals surface area contributed by atoms with Crippen LogP contribution >= 0.6 is 22.6 Å².